The van der Waals surface area contributed by atoms with E-state index in [1.165, 1.54) is 0 Å². The van der Waals surface area contributed by atoms with Gasteiger partial charge in [0.25, 0.3) is 0 Å². The molecule has 6 N–H and O–H groups in total. The summed E-state index contributed by atoms with van der Waals surface area (Å²) in [4.78, 5) is 8.65. The fraction of sp³-hybridized carbons (Fsp3) is 0. The number of nitrogens with two attached hydrogens (primary N) is 3. The van der Waals surface area contributed by atoms with Crippen molar-refractivity contribution in [3.63, 3.8) is 0 Å². The van der Waals surface area contributed by atoms with Gasteiger partial charge in [0.15, 0.2) is 0 Å². The Bertz CT molecular complexity index is 73.3. The molecule has 0 atom stereocenters. The van der Waals surface area contributed by atoms with Crippen LogP contribution in [0.25, 0.3) is 0 Å². The van der Waals surface area contributed by atoms with Gasteiger partial charge in [-0.05, 0) is 0 Å². The van der Waals surface area contributed by atoms with Crippen molar-refractivity contribution in [3.05, 3.63) is 0 Å². The minimum Gasteiger partial charge on any atom is -0.534 e. The Kier molecular flexibility index (Phi) is 7.62. The van der Waals surface area contributed by atoms with Crippen molar-refractivity contribution in [1.29, 1.82) is 0 Å². The van der Waals surface area contributed by atoms with Gasteiger partial charge in [0.1, 0.15) is 5.43 Å². The predicted molar refractivity (Wildman–Crippen MR) is 26.6 cm³/mol. The second kappa shape index (κ2) is 6.03. The summed E-state index contributed by atoms with van der Waals surface area (Å²) in [5.74, 6) is -0.0833. The second-order valence-corrected chi connectivity index (χ2v) is 1.05. The molecule has 5 nitrogen and oxygen atoms in total. The van der Waals surface area contributed by atoms with E-state index in [1.807, 2.05) is 0 Å². The standard InChI is InChI=1S/CHClO2.CH5N3/c2*2-1(3)4/h(H,3,4);(H5,2,3,4). The molecule has 0 aromatic rings. The molecule has 0 amide bonds. The first-order chi connectivity index (χ1) is 3.46. The number of halogens is 1. The maximum atomic E-state index is 8.65. The molecular formula is C2H6ClN3O2. The van der Waals surface area contributed by atoms with E-state index in [4.69, 9.17) is 9.90 Å². The molecule has 0 spiro atoms. The van der Waals surface area contributed by atoms with Crippen LogP contribution in [0.15, 0.2) is 0 Å². The predicted octanol–water partition coefficient (Wildman–Crippen LogP) is -3.41. The van der Waals surface area contributed by atoms with Crippen LogP contribution in [0.3, 0.4) is 0 Å². The normalized spacial score (nSPS) is 6.12. The van der Waals surface area contributed by atoms with Crippen molar-refractivity contribution in [1.82, 2.24) is 0 Å². The third kappa shape index (κ3) is 86.8. The van der Waals surface area contributed by atoms with Crippen LogP contribution in [-0.4, -0.2) is 11.4 Å². The maximum absolute atomic E-state index is 8.65. The largest absolute Gasteiger partial charge is 0.534 e. The van der Waals surface area contributed by atoms with Crippen molar-refractivity contribution >= 4 is 23.0 Å². The Labute approximate surface area is 50.7 Å². The minimum absolute atomic E-state index is 0.0833. The first kappa shape index (κ1) is 10.1. The lowest BCUT2D eigenvalue weighted by molar-refractivity contribution is -0.233. The van der Waals surface area contributed by atoms with E-state index in [2.05, 4.69) is 28.5 Å². The Morgan fingerprint density at radius 2 is 1.62 bits per heavy atom. The molecule has 6 heteroatoms. The molecule has 0 saturated heterocycles. The van der Waals surface area contributed by atoms with E-state index in [0.717, 1.165) is 0 Å². The Morgan fingerprint density at radius 3 is 1.62 bits per heavy atom. The monoisotopic (exact) mass is 139 g/mol. The molecule has 0 bridgehead atoms. The molecule has 0 aliphatic carbocycles. The van der Waals surface area contributed by atoms with Gasteiger partial charge in [0, 0.05) is 0 Å². The van der Waals surface area contributed by atoms with E-state index in [-0.39, 0.29) is 5.96 Å². The van der Waals surface area contributed by atoms with Crippen LogP contribution in [0.5, 0.6) is 0 Å². The molecule has 0 aliphatic heterocycles. The number of carboxylic acid groups (broad SMARTS) is 1. The third-order valence-corrected chi connectivity index (χ3v) is 0. The van der Waals surface area contributed by atoms with Gasteiger partial charge < -0.3 is 9.90 Å². The lowest BCUT2D eigenvalue weighted by Gasteiger charge is -1.73. The van der Waals surface area contributed by atoms with E-state index in [1.54, 1.807) is 0 Å². The number of hydrogen-bond donors (Lipinski definition) is 3. The van der Waals surface area contributed by atoms with Crippen molar-refractivity contribution in [2.24, 2.45) is 11.5 Å². The molecule has 48 valence electrons. The number of carbonyl (C=O) groups is 1. The summed E-state index contributed by atoms with van der Waals surface area (Å²) >= 11 is 4.08. The van der Waals surface area contributed by atoms with Crippen LogP contribution in [0.4, 0.5) is 4.79 Å². The molecule has 0 saturated carbocycles. The smallest absolute Gasteiger partial charge is 0.336 e. The van der Waals surface area contributed by atoms with Gasteiger partial charge in [0.2, 0.25) is 0 Å². The van der Waals surface area contributed by atoms with Crippen molar-refractivity contribution in [3.8, 4) is 0 Å². The number of carbonyl (C=O) groups excluding carboxylic acids is 1. The van der Waals surface area contributed by atoms with E-state index >= 15 is 0 Å². The number of hydrogen-bond acceptors (Lipinski definition) is 2. The molecule has 0 aromatic heterocycles. The first-order valence-electron chi connectivity index (χ1n) is 1.46. The third-order valence-electron chi connectivity index (χ3n) is 0. The molecule has 0 heterocycles. The van der Waals surface area contributed by atoms with Crippen molar-refractivity contribution in [2.45, 2.75) is 0 Å². The summed E-state index contributed by atoms with van der Waals surface area (Å²) in [5.41, 5.74) is 7.56. The molecular weight excluding hydrogens is 133 g/mol. The summed E-state index contributed by atoms with van der Waals surface area (Å²) in [7, 11) is 0. The second-order valence-electron chi connectivity index (χ2n) is 0.738. The highest BCUT2D eigenvalue weighted by Crippen LogP contribution is 1.60. The summed E-state index contributed by atoms with van der Waals surface area (Å²) < 4.78 is 0. The quantitative estimate of drug-likeness (QED) is 0.184. The fourth-order valence-electron chi connectivity index (χ4n) is 0. The van der Waals surface area contributed by atoms with Gasteiger partial charge in [-0.2, -0.15) is 0 Å². The van der Waals surface area contributed by atoms with E-state index in [0.29, 0.717) is 0 Å². The molecule has 8 heavy (non-hydrogen) atoms. The van der Waals surface area contributed by atoms with Crippen LogP contribution in [-0.2, 0) is 0 Å². The molecule has 0 rings (SSSR count). The highest BCUT2D eigenvalue weighted by Gasteiger charge is 1.64. The summed E-state index contributed by atoms with van der Waals surface area (Å²) in [6, 6.07) is 0. The molecule has 0 radical (unpaired) electrons. The maximum Gasteiger partial charge on any atom is 0.336 e. The molecule has 0 aliphatic rings. The average molecular weight is 140 g/mol. The van der Waals surface area contributed by atoms with Gasteiger partial charge in [-0.25, -0.2) is 0 Å². The van der Waals surface area contributed by atoms with E-state index < -0.39 is 5.43 Å². The van der Waals surface area contributed by atoms with Crippen LogP contribution >= 0.6 is 11.6 Å². The summed E-state index contributed by atoms with van der Waals surface area (Å²) in [6.45, 7) is 0. The topological polar surface area (TPSA) is 118 Å². The van der Waals surface area contributed by atoms with Crippen molar-refractivity contribution < 1.29 is 15.3 Å². The van der Waals surface area contributed by atoms with Gasteiger partial charge in [-0.3, -0.25) is 16.9 Å². The minimum atomic E-state index is -1.61. The summed E-state index contributed by atoms with van der Waals surface area (Å²) in [5, 5.41) is 13.2. The van der Waals surface area contributed by atoms with Crippen LogP contribution < -0.4 is 22.0 Å². The highest BCUT2D eigenvalue weighted by molar-refractivity contribution is 6.59. The van der Waals surface area contributed by atoms with Crippen LogP contribution in [0.2, 0.25) is 0 Å². The van der Waals surface area contributed by atoms with Gasteiger partial charge in [0.05, 0.1) is 0 Å². The van der Waals surface area contributed by atoms with Gasteiger partial charge in [-0.1, -0.05) is 11.6 Å². The van der Waals surface area contributed by atoms with E-state index in [9.17, 15) is 0 Å². The Morgan fingerprint density at radius 1 is 1.62 bits per heavy atom. The molecule has 0 fully saturated rings. The van der Waals surface area contributed by atoms with Gasteiger partial charge >= 0.3 is 5.96 Å². The molecule has 0 aromatic carbocycles. The fourth-order valence-corrected chi connectivity index (χ4v) is 0. The zero-order valence-electron chi connectivity index (χ0n) is 3.93. The van der Waals surface area contributed by atoms with Crippen LogP contribution in [0, 0.1) is 0 Å². The zero-order chi connectivity index (χ0) is 7.15. The number of guanidine groups is 1. The van der Waals surface area contributed by atoms with Crippen LogP contribution in [0.1, 0.15) is 0 Å². The lowest BCUT2D eigenvalue weighted by atomic mass is 11.1. The molecule has 0 unspecified atom stereocenters. The first-order valence-corrected chi connectivity index (χ1v) is 1.84. The SMILES string of the molecule is NC(N)=[NH2+].O=C([O-])Cl. The van der Waals surface area contributed by atoms with Crippen molar-refractivity contribution in [2.75, 3.05) is 0 Å². The lowest BCUT2D eigenvalue weighted by Crippen LogP contribution is -2.51. The Hall–Kier alpha value is -0.970. The average Bonchev–Trinajstić information content (AvgIpc) is 1.25. The van der Waals surface area contributed by atoms with Gasteiger partial charge in [-0.15, -0.1) is 0 Å². The highest BCUT2D eigenvalue weighted by atomic mass is 35.5. The summed E-state index contributed by atoms with van der Waals surface area (Å²) in [6.07, 6.45) is 0. The zero-order valence-corrected chi connectivity index (χ0v) is 4.68. The number of rotatable bonds is 0. The Balaban J connectivity index is 0.